The number of thiocarbonyl (C=S) groups is 1. The third kappa shape index (κ3) is 1.84. The first kappa shape index (κ1) is 10.4. The molecule has 7 heteroatoms. The van der Waals surface area contributed by atoms with Gasteiger partial charge in [0.1, 0.15) is 10.1 Å². The molecule has 2 rings (SSSR count). The summed E-state index contributed by atoms with van der Waals surface area (Å²) in [5.74, 6) is 0.687. The van der Waals surface area contributed by atoms with Gasteiger partial charge in [0, 0.05) is 5.56 Å². The Balaban J connectivity index is 2.31. The summed E-state index contributed by atoms with van der Waals surface area (Å²) in [4.78, 5) is 10.1. The summed E-state index contributed by atoms with van der Waals surface area (Å²) < 4.78 is 0.839. The molecule has 2 heterocycles. The number of nitrogens with two attached hydrogens (primary N) is 2. The molecule has 1 aromatic rings. The summed E-state index contributed by atoms with van der Waals surface area (Å²) in [7, 11) is 0. The number of fused-ring (bicyclic) bond motifs is 1. The summed E-state index contributed by atoms with van der Waals surface area (Å²) in [5.41, 5.74) is 13.1. The van der Waals surface area contributed by atoms with E-state index >= 15 is 0 Å². The molecule has 0 amide bonds. The molecular formula is C8H11N5S2. The Morgan fingerprint density at radius 2 is 2.13 bits per heavy atom. The lowest BCUT2D eigenvalue weighted by atomic mass is 10.2. The molecule has 0 saturated heterocycles. The van der Waals surface area contributed by atoms with Gasteiger partial charge in [-0.2, -0.15) is 4.98 Å². The number of hydrogen-bond acceptors (Lipinski definition) is 6. The Labute approximate surface area is 97.2 Å². The van der Waals surface area contributed by atoms with Crippen LogP contribution in [0.15, 0.2) is 0 Å². The summed E-state index contributed by atoms with van der Waals surface area (Å²) in [6.07, 6.45) is 1.95. The van der Waals surface area contributed by atoms with E-state index in [1.807, 2.05) is 11.2 Å². The Bertz CT molecular complexity index is 420. The zero-order chi connectivity index (χ0) is 11.0. The average molecular weight is 241 g/mol. The average Bonchev–Trinajstić information content (AvgIpc) is 2.60. The lowest BCUT2D eigenvalue weighted by molar-refractivity contribution is 0.462. The van der Waals surface area contributed by atoms with Crippen LogP contribution in [-0.2, 0) is 13.1 Å². The molecule has 15 heavy (non-hydrogen) atoms. The Kier molecular flexibility index (Phi) is 2.66. The third-order valence-corrected chi connectivity index (χ3v) is 3.63. The summed E-state index contributed by atoms with van der Waals surface area (Å²) >= 11 is 6.75. The minimum absolute atomic E-state index is 0.225. The smallest absolute Gasteiger partial charge is 0.222 e. The molecule has 0 saturated carbocycles. The highest BCUT2D eigenvalue weighted by Crippen LogP contribution is 2.27. The van der Waals surface area contributed by atoms with Gasteiger partial charge < -0.3 is 16.4 Å². The van der Waals surface area contributed by atoms with E-state index in [9.17, 15) is 0 Å². The Morgan fingerprint density at radius 1 is 1.40 bits per heavy atom. The maximum absolute atomic E-state index is 5.77. The van der Waals surface area contributed by atoms with Crippen molar-refractivity contribution in [3.8, 4) is 0 Å². The van der Waals surface area contributed by atoms with E-state index in [0.717, 1.165) is 15.6 Å². The van der Waals surface area contributed by atoms with E-state index in [1.165, 1.54) is 11.8 Å². The van der Waals surface area contributed by atoms with Crippen molar-refractivity contribution in [2.24, 2.45) is 0 Å². The molecule has 1 aliphatic rings. The van der Waals surface area contributed by atoms with Crippen LogP contribution in [-0.4, -0.2) is 25.4 Å². The summed E-state index contributed by atoms with van der Waals surface area (Å²) in [5, 5.41) is 0. The monoisotopic (exact) mass is 241 g/mol. The number of thioether (sulfide) groups is 1. The highest BCUT2D eigenvalue weighted by molar-refractivity contribution is 8.22. The zero-order valence-electron chi connectivity index (χ0n) is 8.23. The van der Waals surface area contributed by atoms with E-state index in [-0.39, 0.29) is 5.95 Å². The van der Waals surface area contributed by atoms with Gasteiger partial charge in [-0.3, -0.25) is 0 Å². The minimum atomic E-state index is 0.225. The van der Waals surface area contributed by atoms with Crippen molar-refractivity contribution in [3.63, 3.8) is 0 Å². The topological polar surface area (TPSA) is 81.1 Å². The lowest BCUT2D eigenvalue weighted by Crippen LogP contribution is -2.20. The fraction of sp³-hybridized carbons (Fsp3) is 0.375. The predicted octanol–water partition coefficient (Wildman–Crippen LogP) is 0.604. The van der Waals surface area contributed by atoms with Crippen molar-refractivity contribution in [3.05, 3.63) is 11.3 Å². The second-order valence-electron chi connectivity index (χ2n) is 3.22. The lowest BCUT2D eigenvalue weighted by Gasteiger charge is -2.15. The zero-order valence-corrected chi connectivity index (χ0v) is 9.86. The van der Waals surface area contributed by atoms with Crippen molar-refractivity contribution in [1.29, 1.82) is 0 Å². The van der Waals surface area contributed by atoms with Crippen LogP contribution >= 0.6 is 24.0 Å². The first-order valence-electron chi connectivity index (χ1n) is 4.35. The number of nitrogens with zero attached hydrogens (tertiary/aromatic N) is 3. The van der Waals surface area contributed by atoms with Crippen molar-refractivity contribution in [2.45, 2.75) is 13.1 Å². The van der Waals surface area contributed by atoms with Gasteiger partial charge >= 0.3 is 0 Å². The number of hydrogen-bond donors (Lipinski definition) is 2. The van der Waals surface area contributed by atoms with Crippen molar-refractivity contribution < 1.29 is 0 Å². The molecule has 1 aliphatic heterocycles. The molecule has 1 aromatic heterocycles. The summed E-state index contributed by atoms with van der Waals surface area (Å²) in [6.45, 7) is 1.35. The van der Waals surface area contributed by atoms with Gasteiger partial charge in [-0.1, -0.05) is 12.2 Å². The highest BCUT2D eigenvalue weighted by Gasteiger charge is 2.25. The first-order valence-corrected chi connectivity index (χ1v) is 5.98. The minimum Gasteiger partial charge on any atom is -0.383 e. The first-order chi connectivity index (χ1) is 7.11. The molecule has 0 aliphatic carbocycles. The second kappa shape index (κ2) is 3.82. The van der Waals surface area contributed by atoms with Crippen LogP contribution < -0.4 is 11.5 Å². The van der Waals surface area contributed by atoms with Gasteiger partial charge in [-0.15, -0.1) is 11.8 Å². The van der Waals surface area contributed by atoms with Crippen LogP contribution in [0, 0.1) is 0 Å². The van der Waals surface area contributed by atoms with Crippen LogP contribution in [0.4, 0.5) is 11.8 Å². The van der Waals surface area contributed by atoms with Gasteiger partial charge in [0.15, 0.2) is 0 Å². The van der Waals surface area contributed by atoms with Crippen LogP contribution in [0.25, 0.3) is 0 Å². The van der Waals surface area contributed by atoms with Crippen LogP contribution in [0.5, 0.6) is 0 Å². The Hall–Kier alpha value is -1.08. The van der Waals surface area contributed by atoms with Crippen LogP contribution in [0.1, 0.15) is 11.3 Å². The number of anilines is 2. The molecule has 4 N–H and O–H groups in total. The van der Waals surface area contributed by atoms with E-state index in [2.05, 4.69) is 9.97 Å². The van der Waals surface area contributed by atoms with Crippen LogP contribution in [0.2, 0.25) is 0 Å². The Morgan fingerprint density at radius 3 is 2.80 bits per heavy atom. The largest absolute Gasteiger partial charge is 0.383 e. The van der Waals surface area contributed by atoms with Gasteiger partial charge in [-0.05, 0) is 6.26 Å². The fourth-order valence-electron chi connectivity index (χ4n) is 1.56. The molecule has 0 fully saturated rings. The maximum atomic E-state index is 5.77. The second-order valence-corrected chi connectivity index (χ2v) is 4.66. The van der Waals surface area contributed by atoms with Crippen molar-refractivity contribution in [2.75, 3.05) is 17.7 Å². The van der Waals surface area contributed by atoms with Gasteiger partial charge in [0.05, 0.1) is 18.8 Å². The normalized spacial score (nSPS) is 14.1. The molecule has 0 atom stereocenters. The molecule has 0 bridgehead atoms. The molecule has 0 spiro atoms. The SMILES string of the molecule is CSC(=S)N1Cc2nc(N)nc(N)c2C1. The number of rotatable bonds is 0. The third-order valence-electron chi connectivity index (χ3n) is 2.26. The predicted molar refractivity (Wildman–Crippen MR) is 66.2 cm³/mol. The molecular weight excluding hydrogens is 230 g/mol. The van der Waals surface area contributed by atoms with Gasteiger partial charge in [0.2, 0.25) is 5.95 Å². The molecule has 5 nitrogen and oxygen atoms in total. The molecule has 0 radical (unpaired) electrons. The molecule has 0 aromatic carbocycles. The van der Waals surface area contributed by atoms with E-state index < -0.39 is 0 Å². The fourth-order valence-corrected chi connectivity index (χ4v) is 2.07. The van der Waals surface area contributed by atoms with Crippen molar-refractivity contribution in [1.82, 2.24) is 14.9 Å². The number of aromatic nitrogens is 2. The van der Waals surface area contributed by atoms with Gasteiger partial charge in [0.25, 0.3) is 0 Å². The number of nitrogen functional groups attached to an aromatic ring is 2. The summed E-state index contributed by atoms with van der Waals surface area (Å²) in [6, 6.07) is 0. The van der Waals surface area contributed by atoms with Gasteiger partial charge in [-0.25, -0.2) is 4.98 Å². The van der Waals surface area contributed by atoms with E-state index in [1.54, 1.807) is 0 Å². The van der Waals surface area contributed by atoms with E-state index in [4.69, 9.17) is 23.7 Å². The van der Waals surface area contributed by atoms with Crippen molar-refractivity contribution >= 4 is 40.1 Å². The highest BCUT2D eigenvalue weighted by atomic mass is 32.2. The molecule has 0 unspecified atom stereocenters. The van der Waals surface area contributed by atoms with E-state index in [0.29, 0.717) is 18.9 Å². The maximum Gasteiger partial charge on any atom is 0.222 e. The quantitative estimate of drug-likeness (QED) is 0.644. The molecule has 80 valence electrons. The van der Waals surface area contributed by atoms with Crippen LogP contribution in [0.3, 0.4) is 0 Å². The standard InChI is InChI=1S/C8H11N5S2/c1-15-8(14)13-2-4-5(3-13)11-7(10)12-6(4)9/h2-3H2,1H3,(H4,9,10,11,12).